The largest absolute Gasteiger partial charge is 0.384 e. The summed E-state index contributed by atoms with van der Waals surface area (Å²) in [6.07, 6.45) is 7.70. The van der Waals surface area contributed by atoms with E-state index < -0.39 is 0 Å². The van der Waals surface area contributed by atoms with Crippen LogP contribution < -0.4 is 10.6 Å². The summed E-state index contributed by atoms with van der Waals surface area (Å²) in [5, 5.41) is 0. The first-order valence-corrected chi connectivity index (χ1v) is 7.03. The molecule has 1 aliphatic carbocycles. The molecular formula is C14H24N4. The Bertz CT molecular complexity index is 385. The fourth-order valence-corrected chi connectivity index (χ4v) is 2.71. The van der Waals surface area contributed by atoms with Gasteiger partial charge in [-0.05, 0) is 18.8 Å². The fraction of sp³-hybridized carbons (Fsp3) is 0.714. The van der Waals surface area contributed by atoms with Gasteiger partial charge >= 0.3 is 0 Å². The average molecular weight is 248 g/mol. The normalized spacial score (nSPS) is 16.8. The van der Waals surface area contributed by atoms with Gasteiger partial charge < -0.3 is 10.6 Å². The van der Waals surface area contributed by atoms with Crippen molar-refractivity contribution in [2.24, 2.45) is 5.92 Å². The Morgan fingerprint density at radius 1 is 1.28 bits per heavy atom. The molecular weight excluding hydrogens is 224 g/mol. The second kappa shape index (κ2) is 6.03. The number of aromatic nitrogens is 2. The molecule has 0 spiro atoms. The van der Waals surface area contributed by atoms with Crippen molar-refractivity contribution in [3.05, 3.63) is 11.9 Å². The first-order valence-electron chi connectivity index (χ1n) is 7.03. The number of nitrogens with two attached hydrogens (primary N) is 1. The molecule has 4 nitrogen and oxygen atoms in total. The molecule has 0 radical (unpaired) electrons. The lowest BCUT2D eigenvalue weighted by Crippen LogP contribution is -2.28. The lowest BCUT2D eigenvalue weighted by molar-refractivity contribution is 0.361. The minimum atomic E-state index is 0.576. The van der Waals surface area contributed by atoms with Gasteiger partial charge in [-0.25, -0.2) is 9.97 Å². The Labute approximate surface area is 110 Å². The van der Waals surface area contributed by atoms with E-state index in [0.717, 1.165) is 30.5 Å². The summed E-state index contributed by atoms with van der Waals surface area (Å²) in [7, 11) is 2.11. The highest BCUT2D eigenvalue weighted by molar-refractivity contribution is 5.46. The quantitative estimate of drug-likeness (QED) is 0.890. The number of rotatable bonds is 4. The topological polar surface area (TPSA) is 55.0 Å². The van der Waals surface area contributed by atoms with Crippen LogP contribution in [-0.4, -0.2) is 23.6 Å². The van der Waals surface area contributed by atoms with E-state index in [1.807, 2.05) is 6.07 Å². The van der Waals surface area contributed by atoms with E-state index in [1.54, 1.807) is 0 Å². The van der Waals surface area contributed by atoms with Crippen LogP contribution in [0.15, 0.2) is 6.07 Å². The molecule has 1 aromatic rings. The Hall–Kier alpha value is -1.32. The average Bonchev–Trinajstić information content (AvgIpc) is 2.39. The predicted octanol–water partition coefficient (Wildman–Crippen LogP) is 2.64. The molecule has 100 valence electrons. The minimum Gasteiger partial charge on any atom is -0.384 e. The van der Waals surface area contributed by atoms with Gasteiger partial charge in [0.2, 0.25) is 0 Å². The van der Waals surface area contributed by atoms with Crippen LogP contribution in [0.3, 0.4) is 0 Å². The maximum atomic E-state index is 5.83. The molecule has 1 fully saturated rings. The van der Waals surface area contributed by atoms with Crippen molar-refractivity contribution in [3.8, 4) is 0 Å². The molecule has 2 rings (SSSR count). The predicted molar refractivity (Wildman–Crippen MR) is 75.7 cm³/mol. The van der Waals surface area contributed by atoms with Crippen LogP contribution >= 0.6 is 0 Å². The third-order valence-electron chi connectivity index (χ3n) is 3.74. The molecule has 0 amide bonds. The molecule has 0 bridgehead atoms. The lowest BCUT2D eigenvalue weighted by atomic mass is 9.89. The van der Waals surface area contributed by atoms with Crippen molar-refractivity contribution in [2.75, 3.05) is 24.2 Å². The molecule has 4 heteroatoms. The van der Waals surface area contributed by atoms with E-state index in [2.05, 4.69) is 28.8 Å². The zero-order valence-corrected chi connectivity index (χ0v) is 11.5. The van der Waals surface area contributed by atoms with Crippen LogP contribution in [0.5, 0.6) is 0 Å². The van der Waals surface area contributed by atoms with Gasteiger partial charge in [-0.2, -0.15) is 0 Å². The number of aryl methyl sites for hydroxylation is 1. The SMILES string of the molecule is CCc1nc(N)cc(N(C)CC2CCCCC2)n1. The molecule has 2 N–H and O–H groups in total. The Morgan fingerprint density at radius 2 is 2.00 bits per heavy atom. The highest BCUT2D eigenvalue weighted by Crippen LogP contribution is 2.25. The summed E-state index contributed by atoms with van der Waals surface area (Å²) >= 11 is 0. The highest BCUT2D eigenvalue weighted by atomic mass is 15.2. The number of hydrogen-bond donors (Lipinski definition) is 1. The van der Waals surface area contributed by atoms with Gasteiger partial charge in [-0.3, -0.25) is 0 Å². The highest BCUT2D eigenvalue weighted by Gasteiger charge is 2.16. The Kier molecular flexibility index (Phi) is 4.39. The molecule has 0 aromatic carbocycles. The molecule has 1 aliphatic rings. The first-order chi connectivity index (χ1) is 8.69. The molecule has 0 saturated heterocycles. The summed E-state index contributed by atoms with van der Waals surface area (Å²) in [4.78, 5) is 11.0. The van der Waals surface area contributed by atoms with E-state index in [4.69, 9.17) is 5.73 Å². The first kappa shape index (κ1) is 13.1. The molecule has 0 unspecified atom stereocenters. The smallest absolute Gasteiger partial charge is 0.134 e. The maximum Gasteiger partial charge on any atom is 0.134 e. The van der Waals surface area contributed by atoms with Crippen LogP contribution in [0.25, 0.3) is 0 Å². The molecule has 0 atom stereocenters. The van der Waals surface area contributed by atoms with E-state index in [0.29, 0.717) is 5.82 Å². The molecule has 1 saturated carbocycles. The second-order valence-electron chi connectivity index (χ2n) is 5.31. The van der Waals surface area contributed by atoms with E-state index in [1.165, 1.54) is 32.1 Å². The molecule has 1 heterocycles. The summed E-state index contributed by atoms with van der Waals surface area (Å²) in [5.41, 5.74) is 5.83. The number of hydrogen-bond acceptors (Lipinski definition) is 4. The summed E-state index contributed by atoms with van der Waals surface area (Å²) in [6, 6.07) is 1.88. The molecule has 1 aromatic heterocycles. The number of nitrogen functional groups attached to an aromatic ring is 1. The van der Waals surface area contributed by atoms with E-state index in [9.17, 15) is 0 Å². The number of anilines is 2. The van der Waals surface area contributed by atoms with Crippen molar-refractivity contribution in [2.45, 2.75) is 45.4 Å². The monoisotopic (exact) mass is 248 g/mol. The Balaban J connectivity index is 2.02. The van der Waals surface area contributed by atoms with Crippen LogP contribution in [0.2, 0.25) is 0 Å². The van der Waals surface area contributed by atoms with Gasteiger partial charge in [0.05, 0.1) is 0 Å². The standard InChI is InChI=1S/C14H24N4/c1-3-13-16-12(15)9-14(17-13)18(2)10-11-7-5-4-6-8-11/h9,11H,3-8,10H2,1-2H3,(H2,15,16,17). The fourth-order valence-electron chi connectivity index (χ4n) is 2.71. The van der Waals surface area contributed by atoms with Gasteiger partial charge in [0, 0.05) is 26.1 Å². The zero-order chi connectivity index (χ0) is 13.0. The number of nitrogens with zero attached hydrogens (tertiary/aromatic N) is 3. The van der Waals surface area contributed by atoms with Crippen molar-refractivity contribution in [1.82, 2.24) is 9.97 Å². The van der Waals surface area contributed by atoms with Crippen molar-refractivity contribution in [1.29, 1.82) is 0 Å². The third kappa shape index (κ3) is 3.34. The Morgan fingerprint density at radius 3 is 2.67 bits per heavy atom. The maximum absolute atomic E-state index is 5.83. The third-order valence-corrected chi connectivity index (χ3v) is 3.74. The van der Waals surface area contributed by atoms with Gasteiger partial charge in [0.1, 0.15) is 17.5 Å². The van der Waals surface area contributed by atoms with Crippen LogP contribution in [0.1, 0.15) is 44.9 Å². The summed E-state index contributed by atoms with van der Waals surface area (Å²) in [5.74, 6) is 3.18. The summed E-state index contributed by atoms with van der Waals surface area (Å²) in [6.45, 7) is 3.14. The second-order valence-corrected chi connectivity index (χ2v) is 5.31. The van der Waals surface area contributed by atoms with Crippen molar-refractivity contribution in [3.63, 3.8) is 0 Å². The molecule has 18 heavy (non-hydrogen) atoms. The van der Waals surface area contributed by atoms with Crippen LogP contribution in [-0.2, 0) is 6.42 Å². The minimum absolute atomic E-state index is 0.576. The van der Waals surface area contributed by atoms with Crippen molar-refractivity contribution >= 4 is 11.6 Å². The van der Waals surface area contributed by atoms with E-state index >= 15 is 0 Å². The molecule has 0 aliphatic heterocycles. The van der Waals surface area contributed by atoms with E-state index in [-0.39, 0.29) is 0 Å². The van der Waals surface area contributed by atoms with Crippen LogP contribution in [0, 0.1) is 5.92 Å². The van der Waals surface area contributed by atoms with Crippen LogP contribution in [0.4, 0.5) is 11.6 Å². The summed E-state index contributed by atoms with van der Waals surface area (Å²) < 4.78 is 0. The van der Waals surface area contributed by atoms with Gasteiger partial charge in [-0.15, -0.1) is 0 Å². The zero-order valence-electron chi connectivity index (χ0n) is 11.5. The van der Waals surface area contributed by atoms with Crippen molar-refractivity contribution < 1.29 is 0 Å². The van der Waals surface area contributed by atoms with Gasteiger partial charge in [0.25, 0.3) is 0 Å². The lowest BCUT2D eigenvalue weighted by Gasteiger charge is -2.27. The van der Waals surface area contributed by atoms with Gasteiger partial charge in [-0.1, -0.05) is 26.2 Å². The van der Waals surface area contributed by atoms with Gasteiger partial charge in [0.15, 0.2) is 0 Å².